The van der Waals surface area contributed by atoms with Gasteiger partial charge in [0.1, 0.15) is 5.69 Å². The minimum atomic E-state index is -4.40. The van der Waals surface area contributed by atoms with E-state index in [4.69, 9.17) is 0 Å². The van der Waals surface area contributed by atoms with E-state index in [1.807, 2.05) is 30.3 Å². The molecule has 1 aromatic carbocycles. The van der Waals surface area contributed by atoms with Crippen LogP contribution in [0.25, 0.3) is 22.9 Å². The van der Waals surface area contributed by atoms with E-state index in [1.165, 1.54) is 6.07 Å². The number of aromatic amines is 1. The first-order valence-corrected chi connectivity index (χ1v) is 6.05. The highest BCUT2D eigenvalue weighted by Gasteiger charge is 2.30. The van der Waals surface area contributed by atoms with Crippen LogP contribution < -0.4 is 0 Å². The minimum Gasteiger partial charge on any atom is -0.257 e. The molecule has 0 radical (unpaired) electrons. The number of aromatic nitrogens is 4. The van der Waals surface area contributed by atoms with Gasteiger partial charge in [0.25, 0.3) is 0 Å². The maximum Gasteiger partial charge on any atom is 0.417 e. The molecule has 0 spiro atoms. The number of halogens is 3. The fraction of sp³-hybridized carbons (Fsp3) is 0.0714. The van der Waals surface area contributed by atoms with Gasteiger partial charge in [-0.2, -0.15) is 18.3 Å². The average molecular weight is 290 g/mol. The highest BCUT2D eigenvalue weighted by Crippen LogP contribution is 2.29. The third kappa shape index (κ3) is 2.76. The Labute approximate surface area is 117 Å². The van der Waals surface area contributed by atoms with E-state index in [0.717, 1.165) is 17.8 Å². The van der Waals surface area contributed by atoms with Gasteiger partial charge in [-0.05, 0) is 12.1 Å². The molecule has 0 atom stereocenters. The lowest BCUT2D eigenvalue weighted by molar-refractivity contribution is -0.137. The topological polar surface area (TPSA) is 54.5 Å². The van der Waals surface area contributed by atoms with Crippen molar-refractivity contribution in [3.63, 3.8) is 0 Å². The fourth-order valence-corrected chi connectivity index (χ4v) is 1.79. The molecule has 0 aliphatic heterocycles. The van der Waals surface area contributed by atoms with Crippen molar-refractivity contribution in [3.8, 4) is 22.9 Å². The van der Waals surface area contributed by atoms with Crippen molar-refractivity contribution in [1.29, 1.82) is 0 Å². The van der Waals surface area contributed by atoms with Crippen molar-refractivity contribution in [1.82, 2.24) is 20.2 Å². The van der Waals surface area contributed by atoms with E-state index in [-0.39, 0.29) is 0 Å². The number of nitrogens with one attached hydrogen (secondary N) is 1. The van der Waals surface area contributed by atoms with Gasteiger partial charge in [-0.25, -0.2) is 4.98 Å². The summed E-state index contributed by atoms with van der Waals surface area (Å²) in [7, 11) is 0. The number of nitrogens with zero attached hydrogens (tertiary/aromatic N) is 3. The van der Waals surface area contributed by atoms with Crippen LogP contribution in [0, 0.1) is 0 Å². The van der Waals surface area contributed by atoms with Crippen LogP contribution in [0.5, 0.6) is 0 Å². The van der Waals surface area contributed by atoms with Crippen LogP contribution in [0.3, 0.4) is 0 Å². The van der Waals surface area contributed by atoms with Crippen LogP contribution in [0.4, 0.5) is 13.2 Å². The average Bonchev–Trinajstić information content (AvgIpc) is 2.97. The van der Waals surface area contributed by atoms with Gasteiger partial charge in [-0.3, -0.25) is 10.1 Å². The van der Waals surface area contributed by atoms with Crippen LogP contribution in [-0.2, 0) is 6.18 Å². The van der Waals surface area contributed by atoms with E-state index >= 15 is 0 Å². The van der Waals surface area contributed by atoms with Crippen LogP contribution in [0.15, 0.2) is 48.7 Å². The third-order valence-electron chi connectivity index (χ3n) is 2.85. The zero-order valence-corrected chi connectivity index (χ0v) is 10.6. The summed E-state index contributed by atoms with van der Waals surface area (Å²) in [6.07, 6.45) is -3.62. The number of alkyl halides is 3. The van der Waals surface area contributed by atoms with Crippen molar-refractivity contribution in [2.45, 2.75) is 6.18 Å². The van der Waals surface area contributed by atoms with E-state index in [0.29, 0.717) is 17.3 Å². The Balaban J connectivity index is 1.90. The number of hydrogen-bond acceptors (Lipinski definition) is 3. The molecule has 2 aromatic heterocycles. The lowest BCUT2D eigenvalue weighted by Gasteiger charge is -2.05. The van der Waals surface area contributed by atoms with Crippen molar-refractivity contribution >= 4 is 0 Å². The molecule has 4 nitrogen and oxygen atoms in total. The summed E-state index contributed by atoms with van der Waals surface area (Å²) in [5.74, 6) is 0.787. The molecule has 1 N–H and O–H groups in total. The van der Waals surface area contributed by atoms with Gasteiger partial charge in [-0.1, -0.05) is 30.3 Å². The van der Waals surface area contributed by atoms with E-state index < -0.39 is 11.7 Å². The SMILES string of the molecule is FC(F)(F)c1ccc(-c2nc(-c3ccccc3)n[nH]2)nc1. The maximum atomic E-state index is 12.5. The quantitative estimate of drug-likeness (QED) is 0.785. The molecule has 2 heterocycles. The molecule has 0 aliphatic rings. The summed E-state index contributed by atoms with van der Waals surface area (Å²) in [6.45, 7) is 0. The lowest BCUT2D eigenvalue weighted by Crippen LogP contribution is -2.05. The molecular weight excluding hydrogens is 281 g/mol. The molecule has 3 rings (SSSR count). The first-order valence-electron chi connectivity index (χ1n) is 6.05. The Morgan fingerprint density at radius 3 is 2.33 bits per heavy atom. The fourth-order valence-electron chi connectivity index (χ4n) is 1.79. The van der Waals surface area contributed by atoms with Crippen molar-refractivity contribution < 1.29 is 13.2 Å². The third-order valence-corrected chi connectivity index (χ3v) is 2.85. The maximum absolute atomic E-state index is 12.5. The molecule has 0 unspecified atom stereocenters. The normalized spacial score (nSPS) is 11.6. The first kappa shape index (κ1) is 13.3. The molecule has 0 saturated carbocycles. The van der Waals surface area contributed by atoms with E-state index in [9.17, 15) is 13.2 Å². The summed E-state index contributed by atoms with van der Waals surface area (Å²) in [5.41, 5.74) is 0.318. The van der Waals surface area contributed by atoms with Crippen LogP contribution in [-0.4, -0.2) is 20.2 Å². The second-order valence-electron chi connectivity index (χ2n) is 4.30. The Morgan fingerprint density at radius 1 is 0.952 bits per heavy atom. The van der Waals surface area contributed by atoms with Gasteiger partial charge in [-0.15, -0.1) is 0 Å². The van der Waals surface area contributed by atoms with Gasteiger partial charge >= 0.3 is 6.18 Å². The predicted octanol–water partition coefficient (Wildman–Crippen LogP) is 3.55. The first-order chi connectivity index (χ1) is 10.0. The van der Waals surface area contributed by atoms with Gasteiger partial charge < -0.3 is 0 Å². The Hall–Kier alpha value is -2.70. The number of H-pyrrole nitrogens is 1. The van der Waals surface area contributed by atoms with Crippen molar-refractivity contribution in [2.75, 3.05) is 0 Å². The summed E-state index contributed by atoms with van der Waals surface area (Å²) in [6, 6.07) is 11.5. The highest BCUT2D eigenvalue weighted by atomic mass is 19.4. The molecule has 3 aromatic rings. The number of rotatable bonds is 2. The zero-order chi connectivity index (χ0) is 14.9. The minimum absolute atomic E-state index is 0.303. The summed E-state index contributed by atoms with van der Waals surface area (Å²) < 4.78 is 37.4. The van der Waals surface area contributed by atoms with Crippen molar-refractivity contribution in [2.24, 2.45) is 0 Å². The summed E-state index contributed by atoms with van der Waals surface area (Å²) >= 11 is 0. The molecular formula is C14H9F3N4. The van der Waals surface area contributed by atoms with Gasteiger partial charge in [0, 0.05) is 11.8 Å². The zero-order valence-electron chi connectivity index (χ0n) is 10.6. The van der Waals surface area contributed by atoms with Crippen LogP contribution >= 0.6 is 0 Å². The van der Waals surface area contributed by atoms with Gasteiger partial charge in [0.05, 0.1) is 5.56 Å². The standard InChI is InChI=1S/C14H9F3N4/c15-14(16,17)10-6-7-11(18-8-10)13-19-12(20-21-13)9-4-2-1-3-5-9/h1-8H,(H,19,20,21). The Kier molecular flexibility index (Phi) is 3.17. The van der Waals surface area contributed by atoms with Crippen LogP contribution in [0.1, 0.15) is 5.56 Å². The molecule has 7 heteroatoms. The molecule has 106 valence electrons. The van der Waals surface area contributed by atoms with Gasteiger partial charge in [0.2, 0.25) is 0 Å². The van der Waals surface area contributed by atoms with Gasteiger partial charge in [0.15, 0.2) is 11.6 Å². The lowest BCUT2D eigenvalue weighted by atomic mass is 10.2. The van der Waals surface area contributed by atoms with E-state index in [2.05, 4.69) is 20.2 Å². The molecule has 21 heavy (non-hydrogen) atoms. The van der Waals surface area contributed by atoms with E-state index in [1.54, 1.807) is 0 Å². The number of hydrogen-bond donors (Lipinski definition) is 1. The number of pyridine rings is 1. The largest absolute Gasteiger partial charge is 0.417 e. The predicted molar refractivity (Wildman–Crippen MR) is 70.1 cm³/mol. The molecule has 0 fully saturated rings. The second kappa shape index (κ2) is 5.01. The smallest absolute Gasteiger partial charge is 0.257 e. The van der Waals surface area contributed by atoms with Crippen molar-refractivity contribution in [3.05, 3.63) is 54.2 Å². The highest BCUT2D eigenvalue weighted by molar-refractivity contribution is 5.58. The molecule has 0 bridgehead atoms. The molecule has 0 amide bonds. The summed E-state index contributed by atoms with van der Waals surface area (Å²) in [4.78, 5) is 8.00. The Morgan fingerprint density at radius 2 is 1.71 bits per heavy atom. The summed E-state index contributed by atoms with van der Waals surface area (Å²) in [5, 5.41) is 6.71. The monoisotopic (exact) mass is 290 g/mol. The second-order valence-corrected chi connectivity index (χ2v) is 4.30. The molecule has 0 saturated heterocycles. The Bertz CT molecular complexity index is 733. The van der Waals surface area contributed by atoms with Crippen LogP contribution in [0.2, 0.25) is 0 Å². The molecule has 0 aliphatic carbocycles. The number of benzene rings is 1.